The van der Waals surface area contributed by atoms with Crippen LogP contribution in [0.1, 0.15) is 38.8 Å². The van der Waals surface area contributed by atoms with Gasteiger partial charge in [-0.15, -0.1) is 0 Å². The second-order valence-electron chi connectivity index (χ2n) is 7.87. The lowest BCUT2D eigenvalue weighted by atomic mass is 10.0. The third-order valence-electron chi connectivity index (χ3n) is 5.09. The van der Waals surface area contributed by atoms with E-state index in [1.807, 2.05) is 23.9 Å². The number of hydrogen-bond donors (Lipinski definition) is 1. The van der Waals surface area contributed by atoms with Gasteiger partial charge in [0.25, 0.3) is 0 Å². The average molecular weight is 381 g/mol. The topological polar surface area (TPSA) is 99.7 Å². The zero-order valence-electron chi connectivity index (χ0n) is 16.7. The van der Waals surface area contributed by atoms with Gasteiger partial charge in [-0.05, 0) is 46.1 Å². The van der Waals surface area contributed by atoms with Crippen LogP contribution in [0.25, 0.3) is 11.4 Å². The van der Waals surface area contributed by atoms with Crippen molar-refractivity contribution in [3.8, 4) is 17.5 Å². The van der Waals surface area contributed by atoms with Crippen molar-refractivity contribution >= 4 is 5.91 Å². The summed E-state index contributed by atoms with van der Waals surface area (Å²) in [6, 6.07) is 3.87. The molecule has 2 aromatic rings. The Morgan fingerprint density at radius 1 is 1.36 bits per heavy atom. The quantitative estimate of drug-likeness (QED) is 0.786. The van der Waals surface area contributed by atoms with Crippen LogP contribution in [0.4, 0.5) is 0 Å². The van der Waals surface area contributed by atoms with Crippen LogP contribution < -0.4 is 5.32 Å². The van der Waals surface area contributed by atoms with Crippen LogP contribution in [0.5, 0.6) is 0 Å². The van der Waals surface area contributed by atoms with Crippen LogP contribution in [-0.4, -0.2) is 55.2 Å². The molecule has 0 radical (unpaired) electrons. The van der Waals surface area contributed by atoms with Crippen molar-refractivity contribution in [1.82, 2.24) is 30.0 Å². The van der Waals surface area contributed by atoms with Crippen molar-refractivity contribution in [2.24, 2.45) is 0 Å². The Balaban J connectivity index is 1.50. The van der Waals surface area contributed by atoms with Crippen molar-refractivity contribution in [3.63, 3.8) is 0 Å². The number of amides is 1. The first kappa shape index (κ1) is 20.0. The molecule has 1 saturated heterocycles. The van der Waals surface area contributed by atoms with Crippen molar-refractivity contribution in [2.45, 2.75) is 58.2 Å². The van der Waals surface area contributed by atoms with Gasteiger partial charge in [-0.2, -0.15) is 10.4 Å². The van der Waals surface area contributed by atoms with Crippen molar-refractivity contribution in [2.75, 3.05) is 13.1 Å². The number of likely N-dealkylation sites (tertiary alicyclic amines) is 1. The lowest BCUT2D eigenvalue weighted by molar-refractivity contribution is -0.130. The summed E-state index contributed by atoms with van der Waals surface area (Å²) in [7, 11) is 0. The standard InChI is InChI=1S/C20H27N7O/c1-15-12-23-18(13-22-15)17-6-9-26(25-17)10-7-20(2,3)24-14-19(28)27-8-4-5-16(27)11-21/h6,9,12-13,16,24H,4-5,7-8,10,14H2,1-3H3/t16-/m0/s1. The number of carbonyl (C=O) groups is 1. The molecule has 1 amide bonds. The van der Waals surface area contributed by atoms with Gasteiger partial charge in [0.1, 0.15) is 17.4 Å². The van der Waals surface area contributed by atoms with E-state index in [1.54, 1.807) is 17.3 Å². The highest BCUT2D eigenvalue weighted by molar-refractivity contribution is 5.79. The summed E-state index contributed by atoms with van der Waals surface area (Å²) in [4.78, 5) is 22.7. The maximum atomic E-state index is 12.4. The lowest BCUT2D eigenvalue weighted by Crippen LogP contribution is -2.47. The molecule has 2 aromatic heterocycles. The number of nitrogens with zero attached hydrogens (tertiary/aromatic N) is 6. The van der Waals surface area contributed by atoms with Crippen molar-refractivity contribution < 1.29 is 4.79 Å². The Kier molecular flexibility index (Phi) is 6.05. The van der Waals surface area contributed by atoms with Crippen LogP contribution in [0.2, 0.25) is 0 Å². The number of rotatable bonds is 7. The highest BCUT2D eigenvalue weighted by Gasteiger charge is 2.29. The predicted molar refractivity (Wildman–Crippen MR) is 105 cm³/mol. The molecule has 0 bridgehead atoms. The minimum Gasteiger partial charge on any atom is -0.326 e. The number of aromatic nitrogens is 4. The smallest absolute Gasteiger partial charge is 0.237 e. The molecule has 1 atom stereocenters. The number of hydrogen-bond acceptors (Lipinski definition) is 6. The molecule has 0 spiro atoms. The summed E-state index contributed by atoms with van der Waals surface area (Å²) in [5, 5.41) is 17.0. The van der Waals surface area contributed by atoms with Gasteiger partial charge >= 0.3 is 0 Å². The molecular weight excluding hydrogens is 354 g/mol. The van der Waals surface area contributed by atoms with Gasteiger partial charge in [-0.1, -0.05) is 0 Å². The second-order valence-corrected chi connectivity index (χ2v) is 7.87. The number of carbonyl (C=O) groups excluding carboxylic acids is 1. The molecule has 0 unspecified atom stereocenters. The number of nitrogens with one attached hydrogen (secondary N) is 1. The van der Waals surface area contributed by atoms with E-state index < -0.39 is 0 Å². The van der Waals surface area contributed by atoms with Crippen LogP contribution in [0, 0.1) is 18.3 Å². The summed E-state index contributed by atoms with van der Waals surface area (Å²) in [6.45, 7) is 7.69. The van der Waals surface area contributed by atoms with E-state index >= 15 is 0 Å². The van der Waals surface area contributed by atoms with E-state index in [9.17, 15) is 4.79 Å². The summed E-state index contributed by atoms with van der Waals surface area (Å²) in [6.07, 6.45) is 7.88. The maximum Gasteiger partial charge on any atom is 0.237 e. The van der Waals surface area contributed by atoms with E-state index in [1.165, 1.54) is 0 Å². The van der Waals surface area contributed by atoms with Gasteiger partial charge in [0, 0.05) is 31.0 Å². The molecule has 0 aromatic carbocycles. The highest BCUT2D eigenvalue weighted by atomic mass is 16.2. The SMILES string of the molecule is Cc1cnc(-c2ccn(CCC(C)(C)NCC(=O)N3CCC[C@H]3C#N)n2)cn1. The van der Waals surface area contributed by atoms with E-state index in [-0.39, 0.29) is 24.0 Å². The Morgan fingerprint density at radius 2 is 2.18 bits per heavy atom. The molecule has 28 heavy (non-hydrogen) atoms. The van der Waals surface area contributed by atoms with E-state index in [0.29, 0.717) is 6.54 Å². The monoisotopic (exact) mass is 381 g/mol. The first-order valence-corrected chi connectivity index (χ1v) is 9.64. The first-order chi connectivity index (χ1) is 13.4. The van der Waals surface area contributed by atoms with Crippen molar-refractivity contribution in [3.05, 3.63) is 30.4 Å². The zero-order chi connectivity index (χ0) is 20.1. The Hall–Kier alpha value is -2.79. The third kappa shape index (κ3) is 4.93. The lowest BCUT2D eigenvalue weighted by Gasteiger charge is -2.28. The molecule has 3 rings (SSSR count). The van der Waals surface area contributed by atoms with E-state index in [4.69, 9.17) is 5.26 Å². The van der Waals surface area contributed by atoms with Gasteiger partial charge < -0.3 is 10.2 Å². The van der Waals surface area contributed by atoms with Gasteiger partial charge in [0.05, 0.1) is 24.5 Å². The largest absolute Gasteiger partial charge is 0.326 e. The van der Waals surface area contributed by atoms with Crippen LogP contribution in [0.15, 0.2) is 24.7 Å². The molecular formula is C20H27N7O. The van der Waals surface area contributed by atoms with Gasteiger partial charge in [0.2, 0.25) is 5.91 Å². The Morgan fingerprint density at radius 3 is 2.89 bits per heavy atom. The molecule has 148 valence electrons. The zero-order valence-corrected chi connectivity index (χ0v) is 16.7. The fourth-order valence-corrected chi connectivity index (χ4v) is 3.25. The fourth-order valence-electron chi connectivity index (χ4n) is 3.25. The predicted octanol–water partition coefficient (Wildman–Crippen LogP) is 1.92. The average Bonchev–Trinajstić information content (AvgIpc) is 3.34. The van der Waals surface area contributed by atoms with Gasteiger partial charge in [-0.25, -0.2) is 0 Å². The number of aryl methyl sites for hydroxylation is 2. The summed E-state index contributed by atoms with van der Waals surface area (Å²) < 4.78 is 1.88. The fraction of sp³-hybridized carbons (Fsp3) is 0.550. The van der Waals surface area contributed by atoms with E-state index in [2.05, 4.69) is 40.3 Å². The molecule has 1 fully saturated rings. The Bertz CT molecular complexity index is 850. The highest BCUT2D eigenvalue weighted by Crippen LogP contribution is 2.17. The Labute approximate surface area is 165 Å². The molecule has 8 heteroatoms. The molecule has 0 saturated carbocycles. The van der Waals surface area contributed by atoms with Crippen LogP contribution in [0.3, 0.4) is 0 Å². The molecule has 1 aliphatic rings. The molecule has 8 nitrogen and oxygen atoms in total. The first-order valence-electron chi connectivity index (χ1n) is 9.64. The normalized spacial score (nSPS) is 16.9. The summed E-state index contributed by atoms with van der Waals surface area (Å²) in [5.74, 6) is -0.00329. The van der Waals surface area contributed by atoms with Crippen molar-refractivity contribution in [1.29, 1.82) is 5.26 Å². The minimum atomic E-state index is -0.273. The van der Waals surface area contributed by atoms with Crippen LogP contribution >= 0.6 is 0 Å². The number of nitriles is 1. The third-order valence-corrected chi connectivity index (χ3v) is 5.09. The summed E-state index contributed by atoms with van der Waals surface area (Å²) >= 11 is 0. The molecule has 1 aliphatic heterocycles. The second kappa shape index (κ2) is 8.48. The molecule has 3 heterocycles. The van der Waals surface area contributed by atoms with Crippen LogP contribution in [-0.2, 0) is 11.3 Å². The van der Waals surface area contributed by atoms with Gasteiger partial charge in [0.15, 0.2) is 0 Å². The summed E-state index contributed by atoms with van der Waals surface area (Å²) in [5.41, 5.74) is 2.20. The molecule has 0 aliphatic carbocycles. The molecule has 1 N–H and O–H groups in total. The van der Waals surface area contributed by atoms with E-state index in [0.717, 1.165) is 42.9 Å². The maximum absolute atomic E-state index is 12.4. The van der Waals surface area contributed by atoms with Gasteiger partial charge in [-0.3, -0.25) is 19.4 Å². The minimum absolute atomic E-state index is 0.00329.